The molecule has 126 valence electrons. The van der Waals surface area contributed by atoms with E-state index in [-0.39, 0.29) is 11.5 Å². The Morgan fingerprint density at radius 3 is 2.58 bits per heavy atom. The Bertz CT molecular complexity index is 831. The maximum absolute atomic E-state index is 12.8. The van der Waals surface area contributed by atoms with Gasteiger partial charge >= 0.3 is 0 Å². The highest BCUT2D eigenvalue weighted by Crippen LogP contribution is 2.26. The molecule has 1 atom stereocenters. The third kappa shape index (κ3) is 3.57. The van der Waals surface area contributed by atoms with Crippen molar-refractivity contribution in [3.05, 3.63) is 71.3 Å². The van der Waals surface area contributed by atoms with Crippen molar-refractivity contribution in [3.63, 3.8) is 0 Å². The quantitative estimate of drug-likeness (QED) is 0.784. The van der Waals surface area contributed by atoms with Crippen LogP contribution in [0, 0.1) is 6.92 Å². The zero-order chi connectivity index (χ0) is 17.2. The summed E-state index contributed by atoms with van der Waals surface area (Å²) in [4.78, 5) is 12.7. The molecule has 0 aromatic heterocycles. The van der Waals surface area contributed by atoms with Crippen LogP contribution < -0.4 is 0 Å². The van der Waals surface area contributed by atoms with Crippen LogP contribution in [0.4, 0.5) is 0 Å². The molecule has 5 heteroatoms. The van der Waals surface area contributed by atoms with Crippen molar-refractivity contribution in [1.29, 1.82) is 0 Å². The third-order valence-corrected chi connectivity index (χ3v) is 6.20. The van der Waals surface area contributed by atoms with Crippen LogP contribution in [0.25, 0.3) is 0 Å². The van der Waals surface area contributed by atoms with E-state index in [0.717, 1.165) is 17.5 Å². The number of ketones is 1. The molecule has 0 bridgehead atoms. The molecule has 1 aliphatic heterocycles. The Morgan fingerprint density at radius 1 is 1.12 bits per heavy atom. The minimum absolute atomic E-state index is 0.0623. The summed E-state index contributed by atoms with van der Waals surface area (Å²) in [6.45, 7) is 2.35. The number of carbonyl (C=O) groups excluding carboxylic acids is 1. The first-order chi connectivity index (χ1) is 11.5. The molecular formula is C19H21NO3S. The molecule has 1 heterocycles. The van der Waals surface area contributed by atoms with Gasteiger partial charge in [0.25, 0.3) is 0 Å². The SMILES string of the molecule is Cc1cccc(CS(=O)(=O)N2CCCC2C(=O)c2ccccc2)c1. The fraction of sp³-hybridized carbons (Fsp3) is 0.316. The van der Waals surface area contributed by atoms with Crippen molar-refractivity contribution in [1.82, 2.24) is 4.31 Å². The lowest BCUT2D eigenvalue weighted by Crippen LogP contribution is -2.41. The molecule has 2 aromatic rings. The van der Waals surface area contributed by atoms with E-state index in [4.69, 9.17) is 0 Å². The van der Waals surface area contributed by atoms with E-state index in [1.165, 1.54) is 4.31 Å². The highest BCUT2D eigenvalue weighted by Gasteiger charge is 2.38. The van der Waals surface area contributed by atoms with Gasteiger partial charge in [0.15, 0.2) is 5.78 Å². The van der Waals surface area contributed by atoms with Gasteiger partial charge in [-0.05, 0) is 25.3 Å². The van der Waals surface area contributed by atoms with Crippen molar-refractivity contribution >= 4 is 15.8 Å². The van der Waals surface area contributed by atoms with Gasteiger partial charge in [0.05, 0.1) is 11.8 Å². The molecule has 2 aromatic carbocycles. The Labute approximate surface area is 143 Å². The molecule has 0 spiro atoms. The van der Waals surface area contributed by atoms with Crippen LogP contribution in [0.1, 0.15) is 34.3 Å². The lowest BCUT2D eigenvalue weighted by molar-refractivity contribution is 0.0918. The smallest absolute Gasteiger partial charge is 0.218 e. The first-order valence-corrected chi connectivity index (χ1v) is 9.72. The average molecular weight is 343 g/mol. The van der Waals surface area contributed by atoms with E-state index in [1.54, 1.807) is 24.3 Å². The summed E-state index contributed by atoms with van der Waals surface area (Å²) in [6.07, 6.45) is 1.30. The second kappa shape index (κ2) is 6.87. The Morgan fingerprint density at radius 2 is 1.88 bits per heavy atom. The van der Waals surface area contributed by atoms with Gasteiger partial charge in [-0.2, -0.15) is 4.31 Å². The van der Waals surface area contributed by atoms with E-state index in [9.17, 15) is 13.2 Å². The van der Waals surface area contributed by atoms with Gasteiger partial charge in [0.2, 0.25) is 10.0 Å². The maximum Gasteiger partial charge on any atom is 0.218 e. The van der Waals surface area contributed by atoms with Gasteiger partial charge in [0.1, 0.15) is 0 Å². The number of carbonyl (C=O) groups is 1. The molecule has 0 radical (unpaired) electrons. The molecule has 1 saturated heterocycles. The lowest BCUT2D eigenvalue weighted by atomic mass is 10.0. The summed E-state index contributed by atoms with van der Waals surface area (Å²) in [7, 11) is -3.52. The Balaban J connectivity index is 1.83. The third-order valence-electron chi connectivity index (χ3n) is 4.35. The van der Waals surface area contributed by atoms with Crippen molar-refractivity contribution in [2.45, 2.75) is 31.6 Å². The first kappa shape index (κ1) is 16.9. The molecular weight excluding hydrogens is 322 g/mol. The molecule has 0 aliphatic carbocycles. The van der Waals surface area contributed by atoms with Gasteiger partial charge in [-0.3, -0.25) is 4.79 Å². The fourth-order valence-corrected chi connectivity index (χ4v) is 4.99. The lowest BCUT2D eigenvalue weighted by Gasteiger charge is -2.23. The summed E-state index contributed by atoms with van der Waals surface area (Å²) in [6, 6.07) is 15.8. The van der Waals surface area contributed by atoms with Crippen LogP contribution in [0.15, 0.2) is 54.6 Å². The number of aryl methyl sites for hydroxylation is 1. The van der Waals surface area contributed by atoms with Crippen LogP contribution in [-0.2, 0) is 15.8 Å². The van der Waals surface area contributed by atoms with Gasteiger partial charge in [-0.15, -0.1) is 0 Å². The number of sulfonamides is 1. The van der Waals surface area contributed by atoms with Crippen LogP contribution in [-0.4, -0.2) is 31.1 Å². The first-order valence-electron chi connectivity index (χ1n) is 8.12. The van der Waals surface area contributed by atoms with Crippen molar-refractivity contribution in [2.24, 2.45) is 0 Å². The van der Waals surface area contributed by atoms with Crippen LogP contribution in [0.5, 0.6) is 0 Å². The second-order valence-electron chi connectivity index (χ2n) is 6.24. The number of benzene rings is 2. The normalized spacial score (nSPS) is 18.6. The highest BCUT2D eigenvalue weighted by atomic mass is 32.2. The predicted molar refractivity (Wildman–Crippen MR) is 94.3 cm³/mol. The molecule has 4 nitrogen and oxygen atoms in total. The Hall–Kier alpha value is -1.98. The summed E-state index contributed by atoms with van der Waals surface area (Å²) >= 11 is 0. The summed E-state index contributed by atoms with van der Waals surface area (Å²) in [5, 5.41) is 0. The fourth-order valence-electron chi connectivity index (χ4n) is 3.23. The molecule has 1 aliphatic rings. The largest absolute Gasteiger partial charge is 0.292 e. The molecule has 24 heavy (non-hydrogen) atoms. The van der Waals surface area contributed by atoms with Crippen molar-refractivity contribution < 1.29 is 13.2 Å². The van der Waals surface area contributed by atoms with Crippen LogP contribution >= 0.6 is 0 Å². The van der Waals surface area contributed by atoms with Crippen LogP contribution in [0.3, 0.4) is 0 Å². The van der Waals surface area contributed by atoms with Crippen LogP contribution in [0.2, 0.25) is 0 Å². The summed E-state index contributed by atoms with van der Waals surface area (Å²) in [5.41, 5.74) is 2.36. The molecule has 0 saturated carbocycles. The van der Waals surface area contributed by atoms with Gasteiger partial charge in [-0.1, -0.05) is 60.2 Å². The van der Waals surface area contributed by atoms with Crippen molar-refractivity contribution in [3.8, 4) is 0 Å². The summed E-state index contributed by atoms with van der Waals surface area (Å²) in [5.74, 6) is -0.173. The molecule has 1 unspecified atom stereocenters. The molecule has 3 rings (SSSR count). The van der Waals surface area contributed by atoms with E-state index in [0.29, 0.717) is 18.5 Å². The predicted octanol–water partition coefficient (Wildman–Crippen LogP) is 3.17. The zero-order valence-electron chi connectivity index (χ0n) is 13.7. The molecule has 0 amide bonds. The minimum atomic E-state index is -3.52. The second-order valence-corrected chi connectivity index (χ2v) is 8.17. The van der Waals surface area contributed by atoms with E-state index >= 15 is 0 Å². The molecule has 0 N–H and O–H groups in total. The average Bonchev–Trinajstić information content (AvgIpc) is 3.05. The monoisotopic (exact) mass is 343 g/mol. The van der Waals surface area contributed by atoms with Gasteiger partial charge in [0, 0.05) is 12.1 Å². The number of nitrogens with zero attached hydrogens (tertiary/aromatic N) is 1. The number of hydrogen-bond donors (Lipinski definition) is 0. The highest BCUT2D eigenvalue weighted by molar-refractivity contribution is 7.88. The topological polar surface area (TPSA) is 54.5 Å². The van der Waals surface area contributed by atoms with Gasteiger partial charge in [-0.25, -0.2) is 8.42 Å². The maximum atomic E-state index is 12.8. The van der Waals surface area contributed by atoms with E-state index < -0.39 is 16.1 Å². The van der Waals surface area contributed by atoms with Crippen molar-refractivity contribution in [2.75, 3.05) is 6.54 Å². The summed E-state index contributed by atoms with van der Waals surface area (Å²) < 4.78 is 27.1. The Kier molecular flexibility index (Phi) is 4.83. The van der Waals surface area contributed by atoms with Gasteiger partial charge < -0.3 is 0 Å². The standard InChI is InChI=1S/C19H21NO3S/c1-15-7-5-8-16(13-15)14-24(22,23)20-12-6-11-18(20)19(21)17-9-3-2-4-10-17/h2-5,7-10,13,18H,6,11-12,14H2,1H3. The number of Topliss-reactive ketones (excluding diaryl/α,β-unsaturated/α-hetero) is 1. The van der Waals surface area contributed by atoms with E-state index in [2.05, 4.69) is 0 Å². The zero-order valence-corrected chi connectivity index (χ0v) is 14.5. The van der Waals surface area contributed by atoms with E-state index in [1.807, 2.05) is 37.3 Å². The minimum Gasteiger partial charge on any atom is -0.292 e. The molecule has 1 fully saturated rings. The number of hydrogen-bond acceptors (Lipinski definition) is 3. The number of rotatable bonds is 5.